The molecule has 1 N–H and O–H groups in total. The largest absolute Gasteiger partial charge is 0.468 e. The number of esters is 1. The predicted octanol–water partition coefficient (Wildman–Crippen LogP) is 1.65. The van der Waals surface area contributed by atoms with Crippen molar-refractivity contribution < 1.29 is 14.4 Å². The summed E-state index contributed by atoms with van der Waals surface area (Å²) in [6, 6.07) is 0. The molecular formula is C13H21ClN2O3. The van der Waals surface area contributed by atoms with Crippen LogP contribution < -0.4 is 5.32 Å². The zero-order valence-corrected chi connectivity index (χ0v) is 12.1. The first kappa shape index (κ1) is 14.6. The molecule has 0 aromatic carbocycles. The van der Waals surface area contributed by atoms with Gasteiger partial charge in [-0.05, 0) is 12.8 Å². The Hall–Kier alpha value is -0.810. The van der Waals surface area contributed by atoms with E-state index >= 15 is 0 Å². The van der Waals surface area contributed by atoms with E-state index in [9.17, 15) is 4.79 Å². The van der Waals surface area contributed by atoms with Gasteiger partial charge in [0.2, 0.25) is 0 Å². The molecule has 3 aliphatic rings. The number of carbonyl (C=O) groups excluding carboxylic acids is 1. The zero-order valence-electron chi connectivity index (χ0n) is 11.2. The molecule has 0 aromatic rings. The number of hydrogen-bond donors (Lipinski definition) is 1. The lowest BCUT2D eigenvalue weighted by Crippen LogP contribution is -2.60. The van der Waals surface area contributed by atoms with Crippen LogP contribution in [-0.2, 0) is 14.4 Å². The van der Waals surface area contributed by atoms with Gasteiger partial charge in [0, 0.05) is 19.5 Å². The maximum absolute atomic E-state index is 12.2. The highest BCUT2D eigenvalue weighted by atomic mass is 35.5. The molecule has 0 unspecified atom stereocenters. The van der Waals surface area contributed by atoms with E-state index < -0.39 is 5.41 Å². The Labute approximate surface area is 119 Å². The third-order valence-electron chi connectivity index (χ3n) is 4.57. The second-order valence-electron chi connectivity index (χ2n) is 5.73. The van der Waals surface area contributed by atoms with Crippen molar-refractivity contribution in [3.05, 3.63) is 0 Å². The summed E-state index contributed by atoms with van der Waals surface area (Å²) >= 11 is 0. The van der Waals surface area contributed by atoms with E-state index in [1.165, 1.54) is 13.5 Å². The van der Waals surface area contributed by atoms with Crippen LogP contribution in [0.1, 0.15) is 38.5 Å². The number of nitrogens with one attached hydrogen (secondary N) is 1. The summed E-state index contributed by atoms with van der Waals surface area (Å²) in [5, 5.41) is 7.46. The Balaban J connectivity index is 0.00000133. The van der Waals surface area contributed by atoms with Crippen LogP contribution >= 0.6 is 12.4 Å². The summed E-state index contributed by atoms with van der Waals surface area (Å²) in [6.07, 6.45) is 5.81. The normalized spacial score (nSPS) is 26.7. The molecule has 2 fully saturated rings. The molecule has 0 bridgehead atoms. The first-order chi connectivity index (χ1) is 8.71. The molecule has 2 heterocycles. The summed E-state index contributed by atoms with van der Waals surface area (Å²) < 4.78 is 5.03. The fraction of sp³-hybridized carbons (Fsp3) is 0.846. The molecule has 3 rings (SSSR count). The van der Waals surface area contributed by atoms with Gasteiger partial charge in [0.15, 0.2) is 5.60 Å². The van der Waals surface area contributed by atoms with Crippen LogP contribution in [0.25, 0.3) is 0 Å². The van der Waals surface area contributed by atoms with Gasteiger partial charge in [0.05, 0.1) is 12.8 Å². The number of hydrogen-bond acceptors (Lipinski definition) is 5. The molecule has 5 nitrogen and oxygen atoms in total. The Morgan fingerprint density at radius 1 is 1.32 bits per heavy atom. The summed E-state index contributed by atoms with van der Waals surface area (Å²) in [6.45, 7) is 1.66. The predicted molar refractivity (Wildman–Crippen MR) is 73.5 cm³/mol. The Morgan fingerprint density at radius 3 is 2.47 bits per heavy atom. The molecule has 1 aliphatic carbocycles. The highest BCUT2D eigenvalue weighted by molar-refractivity contribution is 6.07. The van der Waals surface area contributed by atoms with Gasteiger partial charge in [-0.3, -0.25) is 4.79 Å². The van der Waals surface area contributed by atoms with Crippen molar-refractivity contribution in [2.75, 3.05) is 20.2 Å². The monoisotopic (exact) mass is 288 g/mol. The van der Waals surface area contributed by atoms with Gasteiger partial charge in [0.1, 0.15) is 5.41 Å². The lowest BCUT2D eigenvalue weighted by atomic mass is 9.68. The Morgan fingerprint density at radius 2 is 2.00 bits per heavy atom. The van der Waals surface area contributed by atoms with E-state index in [0.29, 0.717) is 0 Å². The standard InChI is InChI=1S/C13H20N2O3.ClH/c1-17-11(16)13(5-3-2-4-6-13)10-7-12(18-15-10)8-14-9-12;/h14H,2-9H2,1H3;1H. The van der Waals surface area contributed by atoms with E-state index in [0.717, 1.165) is 50.9 Å². The van der Waals surface area contributed by atoms with E-state index in [1.54, 1.807) is 0 Å². The van der Waals surface area contributed by atoms with Crippen LogP contribution in [0.15, 0.2) is 5.16 Å². The third kappa shape index (κ3) is 2.23. The first-order valence-electron chi connectivity index (χ1n) is 6.76. The first-order valence-corrected chi connectivity index (χ1v) is 6.76. The Bertz CT molecular complexity index is 387. The van der Waals surface area contributed by atoms with Crippen molar-refractivity contribution in [3.63, 3.8) is 0 Å². The molecule has 0 radical (unpaired) electrons. The SMILES string of the molecule is COC(=O)C1(C2=NOC3(CNC3)C2)CCCCC1.Cl. The average Bonchev–Trinajstić information content (AvgIpc) is 2.84. The van der Waals surface area contributed by atoms with Crippen LogP contribution in [-0.4, -0.2) is 37.5 Å². The minimum Gasteiger partial charge on any atom is -0.468 e. The Kier molecular flexibility index (Phi) is 4.06. The third-order valence-corrected chi connectivity index (χ3v) is 4.57. The van der Waals surface area contributed by atoms with E-state index in [4.69, 9.17) is 9.57 Å². The van der Waals surface area contributed by atoms with Crippen molar-refractivity contribution >= 4 is 24.1 Å². The number of methoxy groups -OCH3 is 1. The van der Waals surface area contributed by atoms with Crippen LogP contribution in [0.2, 0.25) is 0 Å². The number of nitrogens with zero attached hydrogens (tertiary/aromatic N) is 1. The van der Waals surface area contributed by atoms with Crippen LogP contribution in [0, 0.1) is 5.41 Å². The smallest absolute Gasteiger partial charge is 0.317 e. The molecule has 0 aromatic heterocycles. The minimum absolute atomic E-state index is 0. The van der Waals surface area contributed by atoms with Crippen molar-refractivity contribution in [2.24, 2.45) is 10.6 Å². The molecule has 2 aliphatic heterocycles. The van der Waals surface area contributed by atoms with Crippen molar-refractivity contribution in [1.82, 2.24) is 5.32 Å². The lowest BCUT2D eigenvalue weighted by Gasteiger charge is -2.38. The zero-order chi connectivity index (χ0) is 12.6. The molecule has 1 saturated heterocycles. The molecule has 1 spiro atoms. The summed E-state index contributed by atoms with van der Waals surface area (Å²) in [5.74, 6) is -0.131. The quantitative estimate of drug-likeness (QED) is 0.785. The molecule has 0 atom stereocenters. The number of ether oxygens (including phenoxy) is 1. The lowest BCUT2D eigenvalue weighted by molar-refractivity contribution is -0.150. The molecule has 1 saturated carbocycles. The van der Waals surface area contributed by atoms with Crippen molar-refractivity contribution in [3.8, 4) is 0 Å². The van der Waals surface area contributed by atoms with Crippen molar-refractivity contribution in [1.29, 1.82) is 0 Å². The molecule has 6 heteroatoms. The maximum Gasteiger partial charge on any atom is 0.317 e. The molecule has 19 heavy (non-hydrogen) atoms. The number of oxime groups is 1. The van der Waals surface area contributed by atoms with Gasteiger partial charge in [-0.25, -0.2) is 0 Å². The van der Waals surface area contributed by atoms with Gasteiger partial charge >= 0.3 is 5.97 Å². The van der Waals surface area contributed by atoms with Crippen LogP contribution in [0.5, 0.6) is 0 Å². The number of carbonyl (C=O) groups is 1. The van der Waals surface area contributed by atoms with Crippen LogP contribution in [0.4, 0.5) is 0 Å². The number of rotatable bonds is 2. The second-order valence-corrected chi connectivity index (χ2v) is 5.73. The van der Waals surface area contributed by atoms with Gasteiger partial charge in [0.25, 0.3) is 0 Å². The molecule has 0 amide bonds. The molecular weight excluding hydrogens is 268 g/mol. The number of halogens is 1. The summed E-state index contributed by atoms with van der Waals surface area (Å²) in [5.41, 5.74) is 0.232. The van der Waals surface area contributed by atoms with Gasteiger partial charge < -0.3 is 14.9 Å². The van der Waals surface area contributed by atoms with E-state index in [1.807, 2.05) is 0 Å². The minimum atomic E-state index is -0.508. The maximum atomic E-state index is 12.2. The van der Waals surface area contributed by atoms with Gasteiger partial charge in [-0.2, -0.15) is 0 Å². The highest BCUT2D eigenvalue weighted by Gasteiger charge is 2.54. The van der Waals surface area contributed by atoms with Gasteiger partial charge in [-0.15, -0.1) is 12.4 Å². The van der Waals surface area contributed by atoms with E-state index in [2.05, 4.69) is 10.5 Å². The van der Waals surface area contributed by atoms with Crippen LogP contribution in [0.3, 0.4) is 0 Å². The van der Waals surface area contributed by atoms with Gasteiger partial charge in [-0.1, -0.05) is 24.4 Å². The average molecular weight is 289 g/mol. The second kappa shape index (κ2) is 5.29. The van der Waals surface area contributed by atoms with E-state index in [-0.39, 0.29) is 24.0 Å². The summed E-state index contributed by atoms with van der Waals surface area (Å²) in [7, 11) is 1.47. The fourth-order valence-corrected chi connectivity index (χ4v) is 3.33. The highest BCUT2D eigenvalue weighted by Crippen LogP contribution is 2.44. The van der Waals surface area contributed by atoms with Crippen molar-refractivity contribution in [2.45, 2.75) is 44.1 Å². The molecule has 108 valence electrons. The topological polar surface area (TPSA) is 59.9 Å². The fourth-order valence-electron chi connectivity index (χ4n) is 3.33. The summed E-state index contributed by atoms with van der Waals surface area (Å²) in [4.78, 5) is 17.8.